The molecule has 0 bridgehead atoms. The van der Waals surface area contributed by atoms with Crippen LogP contribution in [0.5, 0.6) is 0 Å². The van der Waals surface area contributed by atoms with Gasteiger partial charge in [0.2, 0.25) is 5.82 Å². The van der Waals surface area contributed by atoms with Gasteiger partial charge in [-0.15, -0.1) is 0 Å². The summed E-state index contributed by atoms with van der Waals surface area (Å²) < 4.78 is 6.10. The summed E-state index contributed by atoms with van der Waals surface area (Å²) in [5.74, 6) is 0.882. The van der Waals surface area contributed by atoms with Crippen molar-refractivity contribution in [2.24, 2.45) is 0 Å². The third-order valence-corrected chi connectivity index (χ3v) is 3.54. The van der Waals surface area contributed by atoms with E-state index in [1.54, 1.807) is 12.3 Å². The highest BCUT2D eigenvalue weighted by Crippen LogP contribution is 2.27. The minimum absolute atomic E-state index is 0.419. The number of benzene rings is 1. The fourth-order valence-corrected chi connectivity index (χ4v) is 2.03. The number of nitrogens with zero attached hydrogens (tertiary/aromatic N) is 3. The number of aromatic nitrogens is 3. The first-order chi connectivity index (χ1) is 9.63. The Morgan fingerprint density at radius 1 is 1.20 bits per heavy atom. The Morgan fingerprint density at radius 2 is 2.05 bits per heavy atom. The van der Waals surface area contributed by atoms with Crippen LogP contribution in [0.15, 0.2) is 45.5 Å². The van der Waals surface area contributed by atoms with Gasteiger partial charge < -0.3 is 10.3 Å². The maximum absolute atomic E-state index is 5.85. The maximum Gasteiger partial charge on any atom is 0.258 e. The largest absolute Gasteiger partial charge is 0.398 e. The van der Waals surface area contributed by atoms with E-state index in [0.29, 0.717) is 23.1 Å². The zero-order valence-corrected chi connectivity index (χ0v) is 12.3. The Balaban J connectivity index is 1.99. The number of nitrogen functional groups attached to an aromatic ring is 1. The van der Waals surface area contributed by atoms with Crippen molar-refractivity contribution in [1.82, 2.24) is 15.1 Å². The van der Waals surface area contributed by atoms with Crippen molar-refractivity contribution in [3.8, 4) is 23.0 Å². The van der Waals surface area contributed by atoms with Crippen molar-refractivity contribution >= 4 is 21.6 Å². The molecule has 20 heavy (non-hydrogen) atoms. The van der Waals surface area contributed by atoms with Gasteiger partial charge in [-0.05, 0) is 58.7 Å². The van der Waals surface area contributed by atoms with E-state index in [1.165, 1.54) is 0 Å². The first-order valence-corrected chi connectivity index (χ1v) is 6.75. The van der Waals surface area contributed by atoms with Crippen LogP contribution in [-0.2, 0) is 0 Å². The summed E-state index contributed by atoms with van der Waals surface area (Å²) >= 11 is 3.35. The summed E-state index contributed by atoms with van der Waals surface area (Å²) in [6, 6.07) is 9.32. The monoisotopic (exact) mass is 330 g/mol. The van der Waals surface area contributed by atoms with Crippen LogP contribution < -0.4 is 5.73 Å². The highest BCUT2D eigenvalue weighted by molar-refractivity contribution is 9.10. The number of hydrogen-bond donors (Lipinski definition) is 1. The minimum Gasteiger partial charge on any atom is -0.398 e. The average Bonchev–Trinajstić information content (AvgIpc) is 2.92. The van der Waals surface area contributed by atoms with Crippen LogP contribution in [0.25, 0.3) is 23.0 Å². The molecule has 0 aliphatic rings. The standard InChI is InChI=1S/C14H11BrN4O/c1-8-4-5-17-12(6-8)13-18-14(20-19-13)9-2-3-10(15)11(16)7-9/h2-7H,16H2,1H3. The highest BCUT2D eigenvalue weighted by Gasteiger charge is 2.12. The molecule has 0 saturated carbocycles. The zero-order chi connectivity index (χ0) is 14.1. The molecule has 0 unspecified atom stereocenters. The molecule has 1 aromatic carbocycles. The predicted octanol–water partition coefficient (Wildman–Crippen LogP) is 3.45. The lowest BCUT2D eigenvalue weighted by Crippen LogP contribution is -1.88. The number of nitrogens with two attached hydrogens (primary N) is 1. The number of halogens is 1. The Kier molecular flexibility index (Phi) is 3.23. The van der Waals surface area contributed by atoms with Crippen molar-refractivity contribution in [1.29, 1.82) is 0 Å². The molecule has 0 atom stereocenters. The lowest BCUT2D eigenvalue weighted by atomic mass is 10.2. The number of aryl methyl sites for hydroxylation is 1. The average molecular weight is 331 g/mol. The first kappa shape index (κ1) is 12.8. The van der Waals surface area contributed by atoms with Crippen LogP contribution in [0, 0.1) is 6.92 Å². The molecule has 100 valence electrons. The van der Waals surface area contributed by atoms with Crippen LogP contribution in [0.2, 0.25) is 0 Å². The Morgan fingerprint density at radius 3 is 2.80 bits per heavy atom. The molecule has 0 fully saturated rings. The van der Waals surface area contributed by atoms with E-state index in [2.05, 4.69) is 31.1 Å². The van der Waals surface area contributed by atoms with Gasteiger partial charge in [0.15, 0.2) is 0 Å². The summed E-state index contributed by atoms with van der Waals surface area (Å²) in [4.78, 5) is 8.58. The van der Waals surface area contributed by atoms with E-state index in [9.17, 15) is 0 Å². The van der Waals surface area contributed by atoms with Crippen molar-refractivity contribution < 1.29 is 4.52 Å². The molecule has 0 aliphatic heterocycles. The van der Waals surface area contributed by atoms with Crippen molar-refractivity contribution in [3.05, 3.63) is 46.6 Å². The van der Waals surface area contributed by atoms with Gasteiger partial charge in [0.1, 0.15) is 5.69 Å². The summed E-state index contributed by atoms with van der Waals surface area (Å²) in [6.45, 7) is 1.99. The third-order valence-electron chi connectivity index (χ3n) is 2.81. The molecule has 0 spiro atoms. The van der Waals surface area contributed by atoms with Crippen LogP contribution in [0.1, 0.15) is 5.56 Å². The normalized spacial score (nSPS) is 10.7. The summed E-state index contributed by atoms with van der Waals surface area (Å²) in [5.41, 5.74) is 9.02. The zero-order valence-electron chi connectivity index (χ0n) is 10.7. The van der Waals surface area contributed by atoms with Gasteiger partial charge >= 0.3 is 0 Å². The van der Waals surface area contributed by atoms with E-state index in [1.807, 2.05) is 31.2 Å². The Hall–Kier alpha value is -2.21. The molecule has 0 amide bonds. The molecule has 0 aliphatic carbocycles. The van der Waals surface area contributed by atoms with E-state index in [0.717, 1.165) is 15.6 Å². The topological polar surface area (TPSA) is 77.8 Å². The molecule has 5 nitrogen and oxygen atoms in total. The van der Waals surface area contributed by atoms with E-state index >= 15 is 0 Å². The highest BCUT2D eigenvalue weighted by atomic mass is 79.9. The van der Waals surface area contributed by atoms with Crippen LogP contribution in [-0.4, -0.2) is 15.1 Å². The van der Waals surface area contributed by atoms with Gasteiger partial charge in [0.05, 0.1) is 0 Å². The second kappa shape index (κ2) is 5.05. The number of anilines is 1. The smallest absolute Gasteiger partial charge is 0.258 e. The summed E-state index contributed by atoms with van der Waals surface area (Å²) in [7, 11) is 0. The molecule has 2 N–H and O–H groups in total. The van der Waals surface area contributed by atoms with Gasteiger partial charge in [0.25, 0.3) is 5.89 Å². The molecule has 0 radical (unpaired) electrons. The molecular formula is C14H11BrN4O. The molecule has 2 aromatic heterocycles. The molecule has 2 heterocycles. The van der Waals surface area contributed by atoms with E-state index < -0.39 is 0 Å². The molecule has 3 rings (SSSR count). The third kappa shape index (κ3) is 2.42. The first-order valence-electron chi connectivity index (χ1n) is 5.95. The van der Waals surface area contributed by atoms with Crippen molar-refractivity contribution in [3.63, 3.8) is 0 Å². The van der Waals surface area contributed by atoms with Gasteiger partial charge in [-0.1, -0.05) is 5.16 Å². The number of hydrogen-bond acceptors (Lipinski definition) is 5. The van der Waals surface area contributed by atoms with E-state index in [4.69, 9.17) is 10.3 Å². The fourth-order valence-electron chi connectivity index (χ4n) is 1.78. The van der Waals surface area contributed by atoms with E-state index in [-0.39, 0.29) is 0 Å². The summed E-state index contributed by atoms with van der Waals surface area (Å²) in [5, 5.41) is 3.95. The van der Waals surface area contributed by atoms with Crippen LogP contribution >= 0.6 is 15.9 Å². The molecule has 3 aromatic rings. The van der Waals surface area contributed by atoms with Crippen LogP contribution in [0.4, 0.5) is 5.69 Å². The van der Waals surface area contributed by atoms with Crippen LogP contribution in [0.3, 0.4) is 0 Å². The van der Waals surface area contributed by atoms with Gasteiger partial charge in [-0.3, -0.25) is 4.98 Å². The van der Waals surface area contributed by atoms with Gasteiger partial charge in [-0.2, -0.15) is 4.98 Å². The maximum atomic E-state index is 5.85. The van der Waals surface area contributed by atoms with Gasteiger partial charge in [0, 0.05) is 21.9 Å². The quantitative estimate of drug-likeness (QED) is 0.728. The fraction of sp³-hybridized carbons (Fsp3) is 0.0714. The van der Waals surface area contributed by atoms with Crippen molar-refractivity contribution in [2.75, 3.05) is 5.73 Å². The minimum atomic E-state index is 0.419. The second-order valence-corrected chi connectivity index (χ2v) is 5.23. The van der Waals surface area contributed by atoms with Crippen molar-refractivity contribution in [2.45, 2.75) is 6.92 Å². The predicted molar refractivity (Wildman–Crippen MR) is 79.8 cm³/mol. The lowest BCUT2D eigenvalue weighted by Gasteiger charge is -1.99. The molecular weight excluding hydrogens is 320 g/mol. The molecule has 6 heteroatoms. The van der Waals surface area contributed by atoms with Gasteiger partial charge in [-0.25, -0.2) is 0 Å². The number of pyridine rings is 1. The Labute approximate surface area is 124 Å². The summed E-state index contributed by atoms with van der Waals surface area (Å²) in [6.07, 6.45) is 1.72. The number of rotatable bonds is 2. The Bertz CT molecular complexity index is 769. The lowest BCUT2D eigenvalue weighted by molar-refractivity contribution is 0.432. The molecule has 0 saturated heterocycles. The second-order valence-electron chi connectivity index (χ2n) is 4.38. The SMILES string of the molecule is Cc1ccnc(-c2noc(-c3ccc(Br)c(N)c3)n2)c1.